The van der Waals surface area contributed by atoms with E-state index in [0.29, 0.717) is 0 Å². The molecule has 2 rings (SSSR count). The minimum atomic E-state index is 0.811. The normalized spacial score (nSPS) is 16.9. The first-order valence-corrected chi connectivity index (χ1v) is 6.55. The van der Waals surface area contributed by atoms with Gasteiger partial charge in [-0.25, -0.2) is 0 Å². The minimum Gasteiger partial charge on any atom is -0.496 e. The summed E-state index contributed by atoms with van der Waals surface area (Å²) < 4.78 is 5.38. The summed E-state index contributed by atoms with van der Waals surface area (Å²) in [5.74, 6) is 2.77. The van der Waals surface area contributed by atoms with E-state index < -0.39 is 0 Å². The van der Waals surface area contributed by atoms with E-state index in [-0.39, 0.29) is 0 Å². The molecule has 1 aromatic carbocycles. The lowest BCUT2D eigenvalue weighted by molar-refractivity contribution is 0.404. The Kier molecular flexibility index (Phi) is 4.06. The largest absolute Gasteiger partial charge is 0.496 e. The maximum absolute atomic E-state index is 5.38. The Balaban J connectivity index is 1.86. The van der Waals surface area contributed by atoms with Gasteiger partial charge in [-0.3, -0.25) is 0 Å². The zero-order chi connectivity index (χ0) is 12.3. The molecule has 2 heteroatoms. The van der Waals surface area contributed by atoms with Gasteiger partial charge in [-0.1, -0.05) is 24.6 Å². The van der Waals surface area contributed by atoms with Crippen molar-refractivity contribution in [2.24, 2.45) is 11.8 Å². The van der Waals surface area contributed by atoms with Crippen LogP contribution < -0.4 is 10.1 Å². The topological polar surface area (TPSA) is 21.3 Å². The fourth-order valence-corrected chi connectivity index (χ4v) is 2.31. The monoisotopic (exact) mass is 233 g/mol. The van der Waals surface area contributed by atoms with Gasteiger partial charge in [0.15, 0.2) is 0 Å². The quantitative estimate of drug-likeness (QED) is 0.815. The van der Waals surface area contributed by atoms with Gasteiger partial charge in [0.05, 0.1) is 7.11 Å². The molecule has 2 nitrogen and oxygen atoms in total. The summed E-state index contributed by atoms with van der Waals surface area (Å²) in [7, 11) is 1.74. The van der Waals surface area contributed by atoms with Crippen LogP contribution in [0.5, 0.6) is 5.75 Å². The van der Waals surface area contributed by atoms with Crippen molar-refractivity contribution < 1.29 is 4.74 Å². The van der Waals surface area contributed by atoms with E-state index >= 15 is 0 Å². The van der Waals surface area contributed by atoms with Gasteiger partial charge in [0.1, 0.15) is 5.75 Å². The summed E-state index contributed by atoms with van der Waals surface area (Å²) in [5.41, 5.74) is 2.55. The van der Waals surface area contributed by atoms with E-state index in [9.17, 15) is 0 Å². The summed E-state index contributed by atoms with van der Waals surface area (Å²) in [6.07, 6.45) is 2.85. The third kappa shape index (κ3) is 3.47. The lowest BCUT2D eigenvalue weighted by Gasteiger charge is -2.13. The van der Waals surface area contributed by atoms with Crippen LogP contribution in [-0.4, -0.2) is 13.7 Å². The Morgan fingerprint density at radius 3 is 2.82 bits per heavy atom. The minimum absolute atomic E-state index is 0.811. The SMILES string of the molecule is COc1ccc(C)cc1CNCC(C)C1CC1. The Bertz CT molecular complexity index is 371. The molecule has 0 aliphatic heterocycles. The second-order valence-electron chi connectivity index (χ2n) is 5.26. The van der Waals surface area contributed by atoms with Crippen molar-refractivity contribution >= 4 is 0 Å². The van der Waals surface area contributed by atoms with Crippen LogP contribution in [0.1, 0.15) is 30.9 Å². The molecule has 17 heavy (non-hydrogen) atoms. The van der Waals surface area contributed by atoms with E-state index in [1.165, 1.54) is 24.0 Å². The average molecular weight is 233 g/mol. The zero-order valence-electron chi connectivity index (χ0n) is 11.1. The number of ether oxygens (including phenoxy) is 1. The lowest BCUT2D eigenvalue weighted by atomic mass is 10.1. The molecule has 1 saturated carbocycles. The number of aryl methyl sites for hydroxylation is 1. The number of hydrogen-bond acceptors (Lipinski definition) is 2. The van der Waals surface area contributed by atoms with Crippen LogP contribution in [-0.2, 0) is 6.54 Å². The highest BCUT2D eigenvalue weighted by Crippen LogP contribution is 2.36. The van der Waals surface area contributed by atoms with Gasteiger partial charge in [-0.05, 0) is 44.2 Å². The predicted molar refractivity (Wildman–Crippen MR) is 71.3 cm³/mol. The van der Waals surface area contributed by atoms with Crippen LogP contribution in [0.3, 0.4) is 0 Å². The molecular formula is C15H23NO. The molecule has 0 aromatic heterocycles. The first-order valence-electron chi connectivity index (χ1n) is 6.55. The van der Waals surface area contributed by atoms with E-state index in [1.54, 1.807) is 7.11 Å². The first-order chi connectivity index (χ1) is 8.20. The molecule has 1 aliphatic carbocycles. The molecule has 1 aliphatic rings. The van der Waals surface area contributed by atoms with Gasteiger partial charge in [-0.2, -0.15) is 0 Å². The first kappa shape index (κ1) is 12.4. The third-order valence-electron chi connectivity index (χ3n) is 3.64. The van der Waals surface area contributed by atoms with Crippen molar-refractivity contribution in [2.45, 2.75) is 33.2 Å². The lowest BCUT2D eigenvalue weighted by Crippen LogP contribution is -2.22. The fraction of sp³-hybridized carbons (Fsp3) is 0.600. The number of benzene rings is 1. The Labute approximate surface area is 104 Å². The van der Waals surface area contributed by atoms with Gasteiger partial charge >= 0.3 is 0 Å². The van der Waals surface area contributed by atoms with E-state index in [2.05, 4.69) is 37.4 Å². The maximum atomic E-state index is 5.38. The van der Waals surface area contributed by atoms with Crippen molar-refractivity contribution in [3.05, 3.63) is 29.3 Å². The summed E-state index contributed by atoms with van der Waals surface area (Å²) in [6.45, 7) is 6.48. The van der Waals surface area contributed by atoms with Gasteiger partial charge in [-0.15, -0.1) is 0 Å². The number of rotatable bonds is 6. The zero-order valence-corrected chi connectivity index (χ0v) is 11.1. The van der Waals surface area contributed by atoms with E-state index in [4.69, 9.17) is 4.74 Å². The molecule has 0 bridgehead atoms. The number of hydrogen-bond donors (Lipinski definition) is 1. The van der Waals surface area contributed by atoms with Crippen molar-refractivity contribution in [1.82, 2.24) is 5.32 Å². The maximum Gasteiger partial charge on any atom is 0.123 e. The van der Waals surface area contributed by atoms with E-state index in [0.717, 1.165) is 30.7 Å². The van der Waals surface area contributed by atoms with Crippen molar-refractivity contribution in [1.29, 1.82) is 0 Å². The number of nitrogens with one attached hydrogen (secondary N) is 1. The highest BCUT2D eigenvalue weighted by molar-refractivity contribution is 5.36. The summed E-state index contributed by atoms with van der Waals surface area (Å²) in [4.78, 5) is 0. The van der Waals surface area contributed by atoms with Crippen LogP contribution in [0.25, 0.3) is 0 Å². The Hall–Kier alpha value is -1.02. The van der Waals surface area contributed by atoms with Crippen molar-refractivity contribution in [2.75, 3.05) is 13.7 Å². The smallest absolute Gasteiger partial charge is 0.123 e. The van der Waals surface area contributed by atoms with E-state index in [1.807, 2.05) is 0 Å². The van der Waals surface area contributed by atoms with Gasteiger partial charge < -0.3 is 10.1 Å². The van der Waals surface area contributed by atoms with Crippen LogP contribution in [0.2, 0.25) is 0 Å². The summed E-state index contributed by atoms with van der Waals surface area (Å²) in [6, 6.07) is 6.35. The second kappa shape index (κ2) is 5.54. The van der Waals surface area contributed by atoms with Gasteiger partial charge in [0, 0.05) is 12.1 Å². The molecular weight excluding hydrogens is 210 g/mol. The molecule has 0 spiro atoms. The second-order valence-corrected chi connectivity index (χ2v) is 5.26. The molecule has 1 unspecified atom stereocenters. The third-order valence-corrected chi connectivity index (χ3v) is 3.64. The van der Waals surface area contributed by atoms with Crippen molar-refractivity contribution in [3.63, 3.8) is 0 Å². The standard InChI is InChI=1S/C15H23NO/c1-11-4-7-15(17-3)14(8-11)10-16-9-12(2)13-5-6-13/h4,7-8,12-13,16H,5-6,9-10H2,1-3H3. The molecule has 94 valence electrons. The van der Waals surface area contributed by atoms with Crippen molar-refractivity contribution in [3.8, 4) is 5.75 Å². The molecule has 1 fully saturated rings. The molecule has 1 aromatic rings. The molecule has 0 radical (unpaired) electrons. The Morgan fingerprint density at radius 2 is 2.18 bits per heavy atom. The van der Waals surface area contributed by atoms with Crippen LogP contribution in [0.4, 0.5) is 0 Å². The predicted octanol–water partition coefficient (Wildman–Crippen LogP) is 3.14. The van der Waals surface area contributed by atoms with Gasteiger partial charge in [0.2, 0.25) is 0 Å². The molecule has 1 atom stereocenters. The highest BCUT2D eigenvalue weighted by atomic mass is 16.5. The summed E-state index contributed by atoms with van der Waals surface area (Å²) >= 11 is 0. The van der Waals surface area contributed by atoms with Crippen LogP contribution in [0, 0.1) is 18.8 Å². The number of methoxy groups -OCH3 is 1. The van der Waals surface area contributed by atoms with Gasteiger partial charge in [0.25, 0.3) is 0 Å². The molecule has 0 amide bonds. The van der Waals surface area contributed by atoms with Crippen LogP contribution >= 0.6 is 0 Å². The Morgan fingerprint density at radius 1 is 1.41 bits per heavy atom. The molecule has 0 heterocycles. The summed E-state index contributed by atoms with van der Waals surface area (Å²) in [5, 5.41) is 3.54. The molecule has 1 N–H and O–H groups in total. The highest BCUT2D eigenvalue weighted by Gasteiger charge is 2.27. The van der Waals surface area contributed by atoms with Crippen LogP contribution in [0.15, 0.2) is 18.2 Å². The fourth-order valence-electron chi connectivity index (χ4n) is 2.31. The average Bonchev–Trinajstić information content (AvgIpc) is 3.13. The molecule has 0 saturated heterocycles.